The third kappa shape index (κ3) is 2.66. The zero-order chi connectivity index (χ0) is 14.8. The third-order valence-electron chi connectivity index (χ3n) is 3.91. The van der Waals surface area contributed by atoms with Gasteiger partial charge >= 0.3 is 0 Å². The Morgan fingerprint density at radius 1 is 1.10 bits per heavy atom. The fourth-order valence-corrected chi connectivity index (χ4v) is 2.85. The lowest BCUT2D eigenvalue weighted by atomic mass is 10.1. The number of hydrogen-bond acceptors (Lipinski definition) is 3. The van der Waals surface area contributed by atoms with Gasteiger partial charge in [0, 0.05) is 23.9 Å². The number of halogens is 1. The molecule has 1 atom stereocenters. The second-order valence-corrected chi connectivity index (χ2v) is 5.14. The molecular formula is C17H18FNO2. The molecule has 1 aliphatic rings. The van der Waals surface area contributed by atoms with E-state index in [1.54, 1.807) is 20.3 Å². The number of anilines is 1. The van der Waals surface area contributed by atoms with Gasteiger partial charge in [0.25, 0.3) is 0 Å². The van der Waals surface area contributed by atoms with E-state index in [2.05, 4.69) is 5.32 Å². The summed E-state index contributed by atoms with van der Waals surface area (Å²) in [5.74, 6) is 1.35. The number of nitrogens with one attached hydrogen (secondary N) is 1. The molecule has 0 aromatic heterocycles. The molecule has 1 N–H and O–H groups in total. The second kappa shape index (κ2) is 5.64. The van der Waals surface area contributed by atoms with Crippen LogP contribution in [0.15, 0.2) is 36.4 Å². The molecule has 110 valence electrons. The molecule has 0 amide bonds. The number of fused-ring (bicyclic) bond motifs is 1. The van der Waals surface area contributed by atoms with Crippen LogP contribution in [-0.2, 0) is 6.42 Å². The summed E-state index contributed by atoms with van der Waals surface area (Å²) < 4.78 is 24.3. The van der Waals surface area contributed by atoms with E-state index in [1.807, 2.05) is 24.3 Å². The first-order chi connectivity index (χ1) is 10.2. The molecular weight excluding hydrogens is 269 g/mol. The van der Waals surface area contributed by atoms with Crippen LogP contribution < -0.4 is 14.8 Å². The molecule has 0 heterocycles. The van der Waals surface area contributed by atoms with Crippen LogP contribution in [0.4, 0.5) is 10.1 Å². The van der Waals surface area contributed by atoms with Gasteiger partial charge in [-0.15, -0.1) is 0 Å². The molecule has 2 aromatic carbocycles. The van der Waals surface area contributed by atoms with Gasteiger partial charge in [-0.05, 0) is 30.0 Å². The predicted molar refractivity (Wildman–Crippen MR) is 80.6 cm³/mol. The average Bonchev–Trinajstić information content (AvgIpc) is 2.91. The minimum Gasteiger partial charge on any atom is -0.497 e. The van der Waals surface area contributed by atoms with Crippen molar-refractivity contribution in [3.63, 3.8) is 0 Å². The summed E-state index contributed by atoms with van der Waals surface area (Å²) in [4.78, 5) is 0. The maximum Gasteiger partial charge on any atom is 0.126 e. The molecule has 0 saturated carbocycles. The Morgan fingerprint density at radius 2 is 1.81 bits per heavy atom. The topological polar surface area (TPSA) is 30.5 Å². The van der Waals surface area contributed by atoms with E-state index in [4.69, 9.17) is 9.47 Å². The second-order valence-electron chi connectivity index (χ2n) is 5.14. The zero-order valence-electron chi connectivity index (χ0n) is 12.2. The van der Waals surface area contributed by atoms with E-state index in [0.29, 0.717) is 0 Å². The summed E-state index contributed by atoms with van der Waals surface area (Å²) in [6.07, 6.45) is 1.65. The van der Waals surface area contributed by atoms with Crippen molar-refractivity contribution in [2.24, 2.45) is 0 Å². The van der Waals surface area contributed by atoms with Crippen molar-refractivity contribution < 1.29 is 13.9 Å². The normalized spacial score (nSPS) is 16.4. The minimum absolute atomic E-state index is 0.111. The number of benzene rings is 2. The highest BCUT2D eigenvalue weighted by Gasteiger charge is 2.24. The summed E-state index contributed by atoms with van der Waals surface area (Å²) in [5.41, 5.74) is 2.77. The molecule has 3 nitrogen and oxygen atoms in total. The Labute approximate surface area is 123 Å². The molecule has 0 radical (unpaired) electrons. The van der Waals surface area contributed by atoms with Gasteiger partial charge in [0.2, 0.25) is 0 Å². The van der Waals surface area contributed by atoms with Crippen LogP contribution in [0.25, 0.3) is 0 Å². The van der Waals surface area contributed by atoms with E-state index >= 15 is 0 Å². The lowest BCUT2D eigenvalue weighted by molar-refractivity contribution is 0.394. The quantitative estimate of drug-likeness (QED) is 0.924. The van der Waals surface area contributed by atoms with Crippen molar-refractivity contribution in [1.29, 1.82) is 0 Å². The average molecular weight is 287 g/mol. The third-order valence-corrected chi connectivity index (χ3v) is 3.91. The summed E-state index contributed by atoms with van der Waals surface area (Å²) in [6, 6.07) is 11.1. The Kier molecular flexibility index (Phi) is 3.69. The number of methoxy groups -OCH3 is 2. The maximum absolute atomic E-state index is 13.8. The first-order valence-electron chi connectivity index (χ1n) is 6.98. The molecule has 21 heavy (non-hydrogen) atoms. The highest BCUT2D eigenvalue weighted by atomic mass is 19.1. The molecule has 0 fully saturated rings. The molecule has 0 spiro atoms. The molecule has 1 aliphatic carbocycles. The van der Waals surface area contributed by atoms with Crippen molar-refractivity contribution in [1.82, 2.24) is 0 Å². The maximum atomic E-state index is 13.8. The van der Waals surface area contributed by atoms with Crippen LogP contribution in [-0.4, -0.2) is 14.2 Å². The smallest absolute Gasteiger partial charge is 0.126 e. The molecule has 2 aromatic rings. The summed E-state index contributed by atoms with van der Waals surface area (Å²) in [5, 5.41) is 3.45. The number of rotatable bonds is 4. The molecule has 0 saturated heterocycles. The number of hydrogen-bond donors (Lipinski definition) is 1. The predicted octanol–water partition coefficient (Wildman–Crippen LogP) is 3.94. The molecule has 0 bridgehead atoms. The van der Waals surface area contributed by atoms with E-state index in [0.717, 1.165) is 41.2 Å². The summed E-state index contributed by atoms with van der Waals surface area (Å²) in [6.45, 7) is 0. The van der Waals surface area contributed by atoms with Crippen LogP contribution in [0, 0.1) is 5.82 Å². The van der Waals surface area contributed by atoms with Crippen LogP contribution >= 0.6 is 0 Å². The van der Waals surface area contributed by atoms with Gasteiger partial charge < -0.3 is 14.8 Å². The monoisotopic (exact) mass is 287 g/mol. The van der Waals surface area contributed by atoms with Gasteiger partial charge in [0.1, 0.15) is 17.3 Å². The van der Waals surface area contributed by atoms with E-state index in [1.165, 1.54) is 6.07 Å². The Hall–Kier alpha value is -2.23. The molecule has 4 heteroatoms. The lowest BCUT2D eigenvalue weighted by Crippen LogP contribution is -2.07. The standard InChI is InChI=1S/C17H18FNO2/c1-20-12-8-11(9-13(10-12)21-2)19-17-7-6-14-15(17)4-3-5-16(14)18/h3-5,8-10,17,19H,6-7H2,1-2H3. The van der Waals surface area contributed by atoms with Crippen molar-refractivity contribution in [2.75, 3.05) is 19.5 Å². The Morgan fingerprint density at radius 3 is 2.48 bits per heavy atom. The van der Waals surface area contributed by atoms with E-state index in [-0.39, 0.29) is 11.9 Å². The van der Waals surface area contributed by atoms with Crippen LogP contribution in [0.2, 0.25) is 0 Å². The van der Waals surface area contributed by atoms with E-state index in [9.17, 15) is 4.39 Å². The van der Waals surface area contributed by atoms with Gasteiger partial charge in [-0.25, -0.2) is 4.39 Å². The van der Waals surface area contributed by atoms with Gasteiger partial charge in [-0.3, -0.25) is 0 Å². The number of ether oxygens (including phenoxy) is 2. The first-order valence-corrected chi connectivity index (χ1v) is 6.98. The van der Waals surface area contributed by atoms with Gasteiger partial charge in [0.05, 0.1) is 20.3 Å². The van der Waals surface area contributed by atoms with Gasteiger partial charge in [-0.1, -0.05) is 12.1 Å². The van der Waals surface area contributed by atoms with Crippen LogP contribution in [0.5, 0.6) is 11.5 Å². The first kappa shape index (κ1) is 13.7. The van der Waals surface area contributed by atoms with Crippen molar-refractivity contribution in [2.45, 2.75) is 18.9 Å². The highest BCUT2D eigenvalue weighted by Crippen LogP contribution is 2.36. The summed E-state index contributed by atoms with van der Waals surface area (Å²) in [7, 11) is 3.25. The van der Waals surface area contributed by atoms with Crippen LogP contribution in [0.3, 0.4) is 0 Å². The fraction of sp³-hybridized carbons (Fsp3) is 0.294. The van der Waals surface area contributed by atoms with Crippen molar-refractivity contribution >= 4 is 5.69 Å². The summed E-state index contributed by atoms with van der Waals surface area (Å²) >= 11 is 0. The molecule has 1 unspecified atom stereocenters. The lowest BCUT2D eigenvalue weighted by Gasteiger charge is -2.17. The Balaban J connectivity index is 1.87. The van der Waals surface area contributed by atoms with Gasteiger partial charge in [-0.2, -0.15) is 0 Å². The highest BCUT2D eigenvalue weighted by molar-refractivity contribution is 5.56. The van der Waals surface area contributed by atoms with Gasteiger partial charge in [0.15, 0.2) is 0 Å². The van der Waals surface area contributed by atoms with Crippen molar-refractivity contribution in [3.05, 3.63) is 53.3 Å². The Bertz CT molecular complexity index is 635. The largest absolute Gasteiger partial charge is 0.497 e. The van der Waals surface area contributed by atoms with Crippen LogP contribution in [0.1, 0.15) is 23.6 Å². The molecule has 3 rings (SSSR count). The minimum atomic E-state index is -0.111. The molecule has 0 aliphatic heterocycles. The SMILES string of the molecule is COc1cc(NC2CCc3c(F)cccc32)cc(OC)c1. The van der Waals surface area contributed by atoms with Crippen molar-refractivity contribution in [3.8, 4) is 11.5 Å². The zero-order valence-corrected chi connectivity index (χ0v) is 12.2. The fourth-order valence-electron chi connectivity index (χ4n) is 2.85. The van der Waals surface area contributed by atoms with E-state index < -0.39 is 0 Å².